The van der Waals surface area contributed by atoms with E-state index in [9.17, 15) is 62.5 Å². The summed E-state index contributed by atoms with van der Waals surface area (Å²) < 4.78 is 37.1. The summed E-state index contributed by atoms with van der Waals surface area (Å²) in [7, 11) is 0. The number of carboxylic acid groups (broad SMARTS) is 1. The van der Waals surface area contributed by atoms with Gasteiger partial charge in [0.1, 0.15) is 43.5 Å². The van der Waals surface area contributed by atoms with Crippen molar-refractivity contribution in [1.29, 1.82) is 0 Å². The number of rotatable bonds is 25. The molecule has 1 aliphatic heterocycles. The number of nitrogens with two attached hydrogens (primary N) is 2. The number of carboxylic acids is 1. The van der Waals surface area contributed by atoms with Crippen molar-refractivity contribution in [3.8, 4) is 11.1 Å². The van der Waals surface area contributed by atoms with E-state index in [2.05, 4.69) is 16.0 Å². The summed E-state index contributed by atoms with van der Waals surface area (Å²) in [5.41, 5.74) is 11.9. The molecule has 0 saturated heterocycles. The van der Waals surface area contributed by atoms with Crippen LogP contribution in [0.2, 0.25) is 0 Å². The number of nitrogens with zero attached hydrogens (tertiary/aromatic N) is 4. The van der Waals surface area contributed by atoms with Gasteiger partial charge in [0.2, 0.25) is 35.4 Å². The van der Waals surface area contributed by atoms with Gasteiger partial charge in [0, 0.05) is 61.3 Å². The minimum atomic E-state index is -2.33. The van der Waals surface area contributed by atoms with Crippen molar-refractivity contribution < 1.29 is 71.7 Å². The lowest BCUT2D eigenvalue weighted by Gasteiger charge is -2.41. The number of carbonyl (C=O) groups excluding carboxylic acids is 9. The van der Waals surface area contributed by atoms with Gasteiger partial charge < -0.3 is 51.8 Å². The van der Waals surface area contributed by atoms with Gasteiger partial charge in [-0.25, -0.2) is 18.5 Å². The molecule has 9 N–H and O–H groups in total. The van der Waals surface area contributed by atoms with Crippen molar-refractivity contribution in [3.05, 3.63) is 132 Å². The van der Waals surface area contributed by atoms with E-state index in [0.29, 0.717) is 16.2 Å². The van der Waals surface area contributed by atoms with Crippen LogP contribution in [-0.2, 0) is 61.0 Å². The topological polar surface area (TPSA) is 323 Å². The average molecular weight is 1060 g/mol. The molecule has 9 amide bonds. The first-order valence-electron chi connectivity index (χ1n) is 23.8. The summed E-state index contributed by atoms with van der Waals surface area (Å²) in [6.07, 6.45) is -0.734. The van der Waals surface area contributed by atoms with E-state index in [1.165, 1.54) is 4.90 Å². The number of amides is 9. The molecule has 0 radical (unpaired) electrons. The lowest BCUT2D eigenvalue weighted by atomic mass is 9.82. The Morgan fingerprint density at radius 3 is 2.03 bits per heavy atom. The smallest absolute Gasteiger partial charge is 0.417 e. The molecule has 3 aromatic carbocycles. The van der Waals surface area contributed by atoms with Crippen LogP contribution in [0.4, 0.5) is 13.6 Å². The highest BCUT2D eigenvalue weighted by atomic mass is 19.1. The number of aliphatic hydroxyl groups is 1. The Balaban J connectivity index is 1.54. The molecule has 4 atom stereocenters. The van der Waals surface area contributed by atoms with Crippen molar-refractivity contribution in [2.24, 2.45) is 16.9 Å². The number of hydrogen-bond donors (Lipinski definition) is 7. The Labute approximate surface area is 435 Å². The summed E-state index contributed by atoms with van der Waals surface area (Å²) >= 11 is 0. The van der Waals surface area contributed by atoms with E-state index in [1.807, 2.05) is 12.1 Å². The summed E-state index contributed by atoms with van der Waals surface area (Å²) in [4.78, 5) is 134. The molecule has 0 spiro atoms. The maximum atomic E-state index is 15.4. The Bertz CT molecular complexity index is 2820. The van der Waals surface area contributed by atoms with Gasteiger partial charge in [-0.1, -0.05) is 81.4 Å². The Morgan fingerprint density at radius 1 is 0.816 bits per heavy atom. The van der Waals surface area contributed by atoms with E-state index >= 15 is 4.39 Å². The SMILES string of the molecule is CC(C)(C)[C@H](c1cc(-c2cc(F)ccc2F)cn1Cc1ccccc1)N(CC[C@H](NC(=O)[C@H](CC(=O)O)N(C(=O)OCc1ccccc1)C(=O)[C@H](N)CC(N)=O)C(=O)NCCNC(=O)CN1C(=O)C=CC1=O)C(=O)CO. The van der Waals surface area contributed by atoms with Crippen LogP contribution in [0.1, 0.15) is 62.9 Å². The van der Waals surface area contributed by atoms with Crippen LogP contribution >= 0.6 is 0 Å². The Hall–Kier alpha value is -8.64. The largest absolute Gasteiger partial charge is 0.481 e. The summed E-state index contributed by atoms with van der Waals surface area (Å²) in [5, 5.41) is 27.9. The number of benzene rings is 3. The second-order valence-corrected chi connectivity index (χ2v) is 18.6. The quantitative estimate of drug-likeness (QED) is 0.0367. The molecule has 24 heteroatoms. The molecule has 22 nitrogen and oxygen atoms in total. The number of nitrogens with one attached hydrogen (secondary N) is 3. The van der Waals surface area contributed by atoms with Crippen LogP contribution < -0.4 is 27.4 Å². The zero-order chi connectivity index (χ0) is 55.9. The van der Waals surface area contributed by atoms with Crippen LogP contribution in [-0.4, -0.2) is 140 Å². The molecule has 0 aliphatic carbocycles. The molecular formula is C52H59F2N9O13. The van der Waals surface area contributed by atoms with E-state index in [1.54, 1.807) is 86.1 Å². The van der Waals surface area contributed by atoms with Gasteiger partial charge in [0.05, 0.1) is 24.9 Å². The fraction of sp³-hybridized carbons (Fsp3) is 0.346. The van der Waals surface area contributed by atoms with E-state index in [0.717, 1.165) is 35.9 Å². The van der Waals surface area contributed by atoms with E-state index in [-0.39, 0.29) is 35.7 Å². The maximum Gasteiger partial charge on any atom is 0.417 e. The second-order valence-electron chi connectivity index (χ2n) is 18.6. The fourth-order valence-electron chi connectivity index (χ4n) is 8.31. The monoisotopic (exact) mass is 1060 g/mol. The minimum absolute atomic E-state index is 0.102. The van der Waals surface area contributed by atoms with Crippen LogP contribution in [0.25, 0.3) is 11.1 Å². The normalized spacial score (nSPS) is 13.8. The van der Waals surface area contributed by atoms with Crippen LogP contribution in [0.5, 0.6) is 0 Å². The second kappa shape index (κ2) is 26.5. The first kappa shape index (κ1) is 58.3. The van der Waals surface area contributed by atoms with Gasteiger partial charge in [-0.15, -0.1) is 0 Å². The van der Waals surface area contributed by atoms with Gasteiger partial charge in [-0.2, -0.15) is 0 Å². The molecule has 0 bridgehead atoms. The molecule has 2 heterocycles. The number of ether oxygens (including phenoxy) is 1. The van der Waals surface area contributed by atoms with Crippen LogP contribution in [0, 0.1) is 17.0 Å². The highest BCUT2D eigenvalue weighted by molar-refractivity contribution is 6.14. The third-order valence-electron chi connectivity index (χ3n) is 11.8. The van der Waals surface area contributed by atoms with Gasteiger partial charge in [-0.05, 0) is 47.2 Å². The molecule has 76 heavy (non-hydrogen) atoms. The molecule has 5 rings (SSSR count). The van der Waals surface area contributed by atoms with Crippen LogP contribution in [0.3, 0.4) is 0 Å². The predicted octanol–water partition coefficient (Wildman–Crippen LogP) is 1.63. The van der Waals surface area contributed by atoms with Crippen molar-refractivity contribution in [2.75, 3.05) is 32.8 Å². The van der Waals surface area contributed by atoms with Crippen molar-refractivity contribution in [1.82, 2.24) is 35.2 Å². The van der Waals surface area contributed by atoms with Gasteiger partial charge in [-0.3, -0.25) is 48.1 Å². The third-order valence-corrected chi connectivity index (χ3v) is 11.8. The maximum absolute atomic E-state index is 15.4. The molecule has 0 saturated carbocycles. The molecule has 0 fully saturated rings. The number of halogens is 2. The zero-order valence-electron chi connectivity index (χ0n) is 41.8. The lowest BCUT2D eigenvalue weighted by Crippen LogP contribution is -2.60. The first-order chi connectivity index (χ1) is 36.0. The van der Waals surface area contributed by atoms with Crippen molar-refractivity contribution >= 4 is 59.3 Å². The molecule has 1 aliphatic rings. The first-order valence-corrected chi connectivity index (χ1v) is 23.8. The summed E-state index contributed by atoms with van der Waals surface area (Å²) in [5.74, 6) is -11.3. The lowest BCUT2D eigenvalue weighted by molar-refractivity contribution is -0.147. The average Bonchev–Trinajstić information content (AvgIpc) is 3.92. The highest BCUT2D eigenvalue weighted by Crippen LogP contribution is 2.41. The molecular weight excluding hydrogens is 997 g/mol. The fourth-order valence-corrected chi connectivity index (χ4v) is 8.31. The van der Waals surface area contributed by atoms with Crippen molar-refractivity contribution in [2.45, 2.75) is 77.4 Å². The number of carbonyl (C=O) groups is 10. The van der Waals surface area contributed by atoms with E-state index < -0.39 is 146 Å². The molecule has 0 unspecified atom stereocenters. The Morgan fingerprint density at radius 2 is 1.43 bits per heavy atom. The van der Waals surface area contributed by atoms with Gasteiger partial charge >= 0.3 is 12.1 Å². The molecule has 1 aromatic heterocycles. The number of imide groups is 2. The predicted molar refractivity (Wildman–Crippen MR) is 266 cm³/mol. The standard InChI is InChI=1S/C52H59F2N9O13/c1-52(2,3)47(39-22-33(35-23-34(53)14-15-36(35)54)27-60(39)26-31-10-6-4-7-11-31)61(45(69)29-64)21-18-38(48(72)58-20-19-57-42(66)28-62-43(67)16-17-44(62)68)59-49(73)40(25-46(70)71)63(50(74)37(55)24-41(56)65)51(75)76-30-32-12-8-5-9-13-32/h4-17,22-23,27,37-38,40,47,64H,18-21,24-26,28-30,55H2,1-3H3,(H2,56,65)(H,57,66)(H,58,72)(H,59,73)(H,70,71)/t37-,38+,40+,47+/m1/s1. The number of primary amides is 1. The minimum Gasteiger partial charge on any atom is -0.481 e. The number of hydrogen-bond acceptors (Lipinski definition) is 13. The zero-order valence-corrected chi connectivity index (χ0v) is 41.8. The third kappa shape index (κ3) is 15.9. The van der Waals surface area contributed by atoms with Crippen LogP contribution in [0.15, 0.2) is 103 Å². The van der Waals surface area contributed by atoms with Gasteiger partial charge in [0.15, 0.2) is 0 Å². The molecule has 4 aromatic rings. The number of aliphatic carboxylic acids is 1. The van der Waals surface area contributed by atoms with E-state index in [4.69, 9.17) is 16.2 Å². The molecule has 404 valence electrons. The Kier molecular flexibility index (Phi) is 20.3. The summed E-state index contributed by atoms with van der Waals surface area (Å²) in [6.45, 7) is 2.03. The number of aromatic nitrogens is 1. The summed E-state index contributed by atoms with van der Waals surface area (Å²) in [6, 6.07) is 14.4. The highest BCUT2D eigenvalue weighted by Gasteiger charge is 2.42. The van der Waals surface area contributed by atoms with Gasteiger partial charge in [0.25, 0.3) is 11.8 Å². The number of aliphatic hydroxyl groups excluding tert-OH is 1. The van der Waals surface area contributed by atoms with Crippen molar-refractivity contribution in [3.63, 3.8) is 0 Å².